The standard InChI is InChI=1S/C24H20N4O2/c1-16-26-20-9-4-5-10-22(20)28(16)13-12-25-24(29)18-15-21(23-11-6-14-30-23)27-19-8-3-2-7-17(18)19/h2-11,14-15H,12-13H2,1H3,(H,25,29). The summed E-state index contributed by atoms with van der Waals surface area (Å²) in [5, 5.41) is 3.86. The quantitative estimate of drug-likeness (QED) is 0.472. The summed E-state index contributed by atoms with van der Waals surface area (Å²) in [5.74, 6) is 1.43. The second kappa shape index (κ2) is 7.48. The molecule has 0 fully saturated rings. The lowest BCUT2D eigenvalue weighted by Crippen LogP contribution is -2.27. The van der Waals surface area contributed by atoms with Crippen molar-refractivity contribution >= 4 is 27.8 Å². The summed E-state index contributed by atoms with van der Waals surface area (Å²) in [5.41, 5.74) is 4.01. The van der Waals surface area contributed by atoms with Crippen molar-refractivity contribution in [3.8, 4) is 11.5 Å². The van der Waals surface area contributed by atoms with Gasteiger partial charge in [-0.05, 0) is 43.3 Å². The van der Waals surface area contributed by atoms with Crippen LogP contribution in [0.1, 0.15) is 16.2 Å². The fourth-order valence-corrected chi connectivity index (χ4v) is 3.77. The molecule has 0 bridgehead atoms. The third kappa shape index (κ3) is 3.22. The smallest absolute Gasteiger partial charge is 0.252 e. The van der Waals surface area contributed by atoms with E-state index in [1.807, 2.05) is 67.6 Å². The third-order valence-electron chi connectivity index (χ3n) is 5.20. The summed E-state index contributed by atoms with van der Waals surface area (Å²) in [6.45, 7) is 3.12. The molecule has 6 nitrogen and oxygen atoms in total. The highest BCUT2D eigenvalue weighted by atomic mass is 16.3. The van der Waals surface area contributed by atoms with Gasteiger partial charge in [-0.25, -0.2) is 9.97 Å². The Kier molecular flexibility index (Phi) is 4.52. The van der Waals surface area contributed by atoms with Crippen molar-refractivity contribution in [1.82, 2.24) is 19.9 Å². The van der Waals surface area contributed by atoms with E-state index >= 15 is 0 Å². The summed E-state index contributed by atoms with van der Waals surface area (Å²) < 4.78 is 7.60. The number of para-hydroxylation sites is 3. The number of carbonyl (C=O) groups excluding carboxylic acids is 1. The van der Waals surface area contributed by atoms with Gasteiger partial charge in [-0.3, -0.25) is 4.79 Å². The van der Waals surface area contributed by atoms with Crippen molar-refractivity contribution in [2.24, 2.45) is 0 Å². The molecule has 30 heavy (non-hydrogen) atoms. The average molecular weight is 396 g/mol. The Morgan fingerprint density at radius 2 is 1.80 bits per heavy atom. The Morgan fingerprint density at radius 1 is 1.00 bits per heavy atom. The molecular formula is C24H20N4O2. The van der Waals surface area contributed by atoms with Crippen LogP contribution in [-0.4, -0.2) is 27.0 Å². The zero-order valence-corrected chi connectivity index (χ0v) is 16.5. The number of nitrogens with one attached hydrogen (secondary N) is 1. The first-order chi connectivity index (χ1) is 14.7. The minimum atomic E-state index is -0.136. The van der Waals surface area contributed by atoms with Crippen molar-refractivity contribution in [3.63, 3.8) is 0 Å². The molecule has 3 heterocycles. The summed E-state index contributed by atoms with van der Waals surface area (Å²) in [7, 11) is 0. The Labute approximate surface area is 173 Å². The van der Waals surface area contributed by atoms with E-state index in [0.717, 1.165) is 27.8 Å². The summed E-state index contributed by atoms with van der Waals surface area (Å²) >= 11 is 0. The van der Waals surface area contributed by atoms with E-state index < -0.39 is 0 Å². The third-order valence-corrected chi connectivity index (χ3v) is 5.20. The molecule has 0 spiro atoms. The largest absolute Gasteiger partial charge is 0.463 e. The van der Waals surface area contributed by atoms with Crippen molar-refractivity contribution in [3.05, 3.63) is 84.4 Å². The maximum absolute atomic E-state index is 13.1. The van der Waals surface area contributed by atoms with Crippen LogP contribution in [0.4, 0.5) is 0 Å². The van der Waals surface area contributed by atoms with Crippen LogP contribution in [0.25, 0.3) is 33.4 Å². The fraction of sp³-hybridized carbons (Fsp3) is 0.125. The molecule has 1 amide bonds. The predicted molar refractivity (Wildman–Crippen MR) is 116 cm³/mol. The van der Waals surface area contributed by atoms with Crippen molar-refractivity contribution in [1.29, 1.82) is 0 Å². The minimum absolute atomic E-state index is 0.136. The average Bonchev–Trinajstić information content (AvgIpc) is 3.41. The molecule has 0 aliphatic carbocycles. The van der Waals surface area contributed by atoms with E-state index in [0.29, 0.717) is 30.1 Å². The molecule has 6 heteroatoms. The van der Waals surface area contributed by atoms with E-state index in [9.17, 15) is 4.79 Å². The first kappa shape index (κ1) is 18.1. The van der Waals surface area contributed by atoms with Gasteiger partial charge in [0.1, 0.15) is 11.5 Å². The first-order valence-corrected chi connectivity index (χ1v) is 9.84. The lowest BCUT2D eigenvalue weighted by molar-refractivity contribution is 0.0954. The van der Waals surface area contributed by atoms with Gasteiger partial charge in [-0.1, -0.05) is 30.3 Å². The van der Waals surface area contributed by atoms with Crippen LogP contribution >= 0.6 is 0 Å². The molecule has 148 valence electrons. The van der Waals surface area contributed by atoms with Gasteiger partial charge < -0.3 is 14.3 Å². The van der Waals surface area contributed by atoms with Crippen LogP contribution in [0.3, 0.4) is 0 Å². The van der Waals surface area contributed by atoms with Crippen molar-refractivity contribution < 1.29 is 9.21 Å². The summed E-state index contributed by atoms with van der Waals surface area (Å²) in [4.78, 5) is 22.3. The van der Waals surface area contributed by atoms with E-state index in [1.54, 1.807) is 12.3 Å². The number of imidazole rings is 1. The Balaban J connectivity index is 1.41. The van der Waals surface area contributed by atoms with Gasteiger partial charge in [0.25, 0.3) is 5.91 Å². The maximum atomic E-state index is 13.1. The number of pyridine rings is 1. The number of carbonyl (C=O) groups is 1. The lowest BCUT2D eigenvalue weighted by atomic mass is 10.1. The monoisotopic (exact) mass is 396 g/mol. The number of rotatable bonds is 5. The number of nitrogens with zero attached hydrogens (tertiary/aromatic N) is 3. The second-order valence-electron chi connectivity index (χ2n) is 7.10. The van der Waals surface area contributed by atoms with Gasteiger partial charge in [-0.2, -0.15) is 0 Å². The molecule has 0 radical (unpaired) electrons. The minimum Gasteiger partial charge on any atom is -0.463 e. The maximum Gasteiger partial charge on any atom is 0.252 e. The number of furan rings is 1. The number of hydrogen-bond acceptors (Lipinski definition) is 4. The van der Waals surface area contributed by atoms with Crippen LogP contribution in [0.2, 0.25) is 0 Å². The zero-order valence-electron chi connectivity index (χ0n) is 16.5. The second-order valence-corrected chi connectivity index (χ2v) is 7.10. The number of amides is 1. The Hall–Kier alpha value is -3.93. The van der Waals surface area contributed by atoms with Gasteiger partial charge in [0, 0.05) is 18.5 Å². The molecule has 5 aromatic rings. The molecule has 0 aliphatic heterocycles. The number of fused-ring (bicyclic) bond motifs is 2. The topological polar surface area (TPSA) is 73.0 Å². The van der Waals surface area contributed by atoms with Crippen molar-refractivity contribution in [2.45, 2.75) is 13.5 Å². The molecule has 0 saturated heterocycles. The molecule has 0 saturated carbocycles. The van der Waals surface area contributed by atoms with Gasteiger partial charge >= 0.3 is 0 Å². The SMILES string of the molecule is Cc1nc2ccccc2n1CCNC(=O)c1cc(-c2ccco2)nc2ccccc12. The van der Waals surface area contributed by atoms with E-state index in [1.165, 1.54) is 0 Å². The molecule has 2 aromatic carbocycles. The lowest BCUT2D eigenvalue weighted by Gasteiger charge is -2.11. The van der Waals surface area contributed by atoms with Crippen molar-refractivity contribution in [2.75, 3.05) is 6.54 Å². The Bertz CT molecular complexity index is 1350. The predicted octanol–water partition coefficient (Wildman–Crippen LogP) is 4.58. The highest BCUT2D eigenvalue weighted by Crippen LogP contribution is 2.25. The molecule has 3 aromatic heterocycles. The summed E-state index contributed by atoms with van der Waals surface area (Å²) in [6.07, 6.45) is 1.60. The number of benzene rings is 2. The zero-order chi connectivity index (χ0) is 20.5. The molecular weight excluding hydrogens is 376 g/mol. The van der Waals surface area contributed by atoms with Gasteiger partial charge in [-0.15, -0.1) is 0 Å². The van der Waals surface area contributed by atoms with E-state index in [2.05, 4.69) is 19.9 Å². The number of aromatic nitrogens is 3. The molecule has 1 N–H and O–H groups in total. The summed E-state index contributed by atoms with van der Waals surface area (Å²) in [6, 6.07) is 21.1. The first-order valence-electron chi connectivity index (χ1n) is 9.84. The van der Waals surface area contributed by atoms with E-state index in [-0.39, 0.29) is 5.91 Å². The van der Waals surface area contributed by atoms with E-state index in [4.69, 9.17) is 4.42 Å². The normalized spacial score (nSPS) is 11.2. The van der Waals surface area contributed by atoms with Crippen LogP contribution in [-0.2, 0) is 6.54 Å². The van der Waals surface area contributed by atoms with Crippen LogP contribution in [0.5, 0.6) is 0 Å². The van der Waals surface area contributed by atoms with Gasteiger partial charge in [0.05, 0.1) is 28.4 Å². The highest BCUT2D eigenvalue weighted by Gasteiger charge is 2.15. The molecule has 0 atom stereocenters. The molecule has 0 aliphatic rings. The van der Waals surface area contributed by atoms with Crippen LogP contribution in [0.15, 0.2) is 77.4 Å². The molecule has 5 rings (SSSR count). The highest BCUT2D eigenvalue weighted by molar-refractivity contribution is 6.07. The van der Waals surface area contributed by atoms with Gasteiger partial charge in [0.2, 0.25) is 0 Å². The van der Waals surface area contributed by atoms with Gasteiger partial charge in [0.15, 0.2) is 5.76 Å². The number of aryl methyl sites for hydroxylation is 1. The fourth-order valence-electron chi connectivity index (χ4n) is 3.77. The molecule has 0 unspecified atom stereocenters. The van der Waals surface area contributed by atoms with Crippen LogP contribution in [0, 0.1) is 6.92 Å². The number of hydrogen-bond donors (Lipinski definition) is 1. The van der Waals surface area contributed by atoms with Crippen LogP contribution < -0.4 is 5.32 Å². The Morgan fingerprint density at radius 3 is 2.63 bits per heavy atom.